The Kier molecular flexibility index (Phi) is 5.36. The largest absolute Gasteiger partial charge is 0.497 e. The van der Waals surface area contributed by atoms with Crippen LogP contribution in [0.25, 0.3) is 0 Å². The number of carbonyl (C=O) groups is 2. The minimum Gasteiger partial charge on any atom is -0.497 e. The van der Waals surface area contributed by atoms with Crippen LogP contribution >= 0.6 is 0 Å². The van der Waals surface area contributed by atoms with Crippen molar-refractivity contribution >= 4 is 11.9 Å². The zero-order valence-electron chi connectivity index (χ0n) is 13.1. The van der Waals surface area contributed by atoms with Gasteiger partial charge in [0.25, 0.3) is 5.91 Å². The number of rotatable bonds is 6. The first-order valence-electron chi connectivity index (χ1n) is 6.97. The molecule has 0 heterocycles. The van der Waals surface area contributed by atoms with Gasteiger partial charge in [-0.25, -0.2) is 9.18 Å². The molecule has 1 atom stereocenters. The highest BCUT2D eigenvalue weighted by atomic mass is 19.1. The van der Waals surface area contributed by atoms with Crippen LogP contribution in [0.1, 0.15) is 22.0 Å². The number of methoxy groups -OCH3 is 2. The topological polar surface area (TPSA) is 84.9 Å². The van der Waals surface area contributed by atoms with E-state index >= 15 is 0 Å². The van der Waals surface area contributed by atoms with Crippen LogP contribution in [0.4, 0.5) is 4.39 Å². The molecule has 2 rings (SSSR count). The van der Waals surface area contributed by atoms with Crippen molar-refractivity contribution in [3.63, 3.8) is 0 Å². The predicted molar refractivity (Wildman–Crippen MR) is 83.8 cm³/mol. The number of nitrogens with one attached hydrogen (secondary N) is 1. The van der Waals surface area contributed by atoms with E-state index in [0.717, 1.165) is 6.07 Å². The van der Waals surface area contributed by atoms with Gasteiger partial charge in [-0.3, -0.25) is 4.79 Å². The molecule has 7 heteroatoms. The van der Waals surface area contributed by atoms with Crippen LogP contribution in [-0.2, 0) is 4.79 Å². The Labute approximate surface area is 137 Å². The van der Waals surface area contributed by atoms with Gasteiger partial charge in [0.2, 0.25) is 0 Å². The molecule has 24 heavy (non-hydrogen) atoms. The molecular formula is C17H16FNO5. The van der Waals surface area contributed by atoms with Crippen LogP contribution in [0.5, 0.6) is 11.5 Å². The molecule has 0 bridgehead atoms. The van der Waals surface area contributed by atoms with Crippen molar-refractivity contribution in [2.24, 2.45) is 0 Å². The maximum Gasteiger partial charge on any atom is 0.331 e. The summed E-state index contributed by atoms with van der Waals surface area (Å²) in [6, 6.07) is 8.28. The van der Waals surface area contributed by atoms with Gasteiger partial charge in [-0.15, -0.1) is 0 Å². The Morgan fingerprint density at radius 1 is 1.08 bits per heavy atom. The number of carbonyl (C=O) groups excluding carboxylic acids is 1. The van der Waals surface area contributed by atoms with E-state index in [0.29, 0.717) is 11.5 Å². The third-order valence-electron chi connectivity index (χ3n) is 3.35. The summed E-state index contributed by atoms with van der Waals surface area (Å²) in [5, 5.41) is 11.6. The number of hydrogen-bond acceptors (Lipinski definition) is 4. The lowest BCUT2D eigenvalue weighted by Gasteiger charge is -2.16. The Morgan fingerprint density at radius 3 is 2.17 bits per heavy atom. The summed E-state index contributed by atoms with van der Waals surface area (Å²) < 4.78 is 24.0. The fourth-order valence-electron chi connectivity index (χ4n) is 2.13. The number of aliphatic carboxylic acids is 1. The Morgan fingerprint density at radius 2 is 1.67 bits per heavy atom. The van der Waals surface area contributed by atoms with Gasteiger partial charge < -0.3 is 19.9 Å². The molecule has 2 N–H and O–H groups in total. The summed E-state index contributed by atoms with van der Waals surface area (Å²) in [6.45, 7) is 0. The van der Waals surface area contributed by atoms with Crippen molar-refractivity contribution in [2.45, 2.75) is 6.04 Å². The Balaban J connectivity index is 2.32. The molecule has 0 unspecified atom stereocenters. The van der Waals surface area contributed by atoms with Crippen LogP contribution in [-0.4, -0.2) is 31.2 Å². The lowest BCUT2D eigenvalue weighted by atomic mass is 10.1. The minimum absolute atomic E-state index is 0.131. The third kappa shape index (κ3) is 3.81. The molecule has 2 aromatic rings. The maximum atomic E-state index is 13.8. The van der Waals surface area contributed by atoms with E-state index in [9.17, 15) is 19.1 Å². The summed E-state index contributed by atoms with van der Waals surface area (Å²) in [5.41, 5.74) is 0.00185. The smallest absolute Gasteiger partial charge is 0.331 e. The lowest BCUT2D eigenvalue weighted by molar-refractivity contribution is -0.139. The van der Waals surface area contributed by atoms with Gasteiger partial charge >= 0.3 is 5.97 Å². The van der Waals surface area contributed by atoms with Crippen LogP contribution in [0.3, 0.4) is 0 Å². The third-order valence-corrected chi connectivity index (χ3v) is 3.35. The summed E-state index contributed by atoms with van der Waals surface area (Å²) in [4.78, 5) is 23.8. The first-order valence-corrected chi connectivity index (χ1v) is 6.97. The van der Waals surface area contributed by atoms with Gasteiger partial charge in [0, 0.05) is 17.2 Å². The molecular weight excluding hydrogens is 317 g/mol. The first kappa shape index (κ1) is 17.3. The van der Waals surface area contributed by atoms with E-state index in [1.807, 2.05) is 0 Å². The summed E-state index contributed by atoms with van der Waals surface area (Å²) in [7, 11) is 2.85. The van der Waals surface area contributed by atoms with Gasteiger partial charge in [-0.05, 0) is 18.2 Å². The van der Waals surface area contributed by atoms with Crippen molar-refractivity contribution in [3.05, 3.63) is 59.4 Å². The monoisotopic (exact) mass is 333 g/mol. The first-order chi connectivity index (χ1) is 11.5. The highest BCUT2D eigenvalue weighted by molar-refractivity contribution is 5.97. The molecule has 2 aromatic carbocycles. The molecule has 0 spiro atoms. The molecule has 0 aromatic heterocycles. The van der Waals surface area contributed by atoms with Gasteiger partial charge in [-0.2, -0.15) is 0 Å². The minimum atomic E-state index is -1.52. The van der Waals surface area contributed by atoms with Crippen LogP contribution in [0.2, 0.25) is 0 Å². The average Bonchev–Trinajstić information content (AvgIpc) is 2.59. The molecule has 0 saturated carbocycles. The number of benzene rings is 2. The van der Waals surface area contributed by atoms with Crippen molar-refractivity contribution in [1.82, 2.24) is 5.32 Å². The average molecular weight is 333 g/mol. The van der Waals surface area contributed by atoms with E-state index in [1.54, 1.807) is 6.07 Å². The number of hydrogen-bond donors (Lipinski definition) is 2. The number of ether oxygens (including phenoxy) is 2. The number of halogens is 1. The lowest BCUT2D eigenvalue weighted by Crippen LogP contribution is -2.34. The fourth-order valence-corrected chi connectivity index (χ4v) is 2.13. The van der Waals surface area contributed by atoms with Crippen LogP contribution < -0.4 is 14.8 Å². The molecule has 0 aliphatic rings. The van der Waals surface area contributed by atoms with E-state index in [2.05, 4.69) is 5.32 Å². The molecule has 0 aliphatic heterocycles. The Hall–Kier alpha value is -3.09. The fraction of sp³-hybridized carbons (Fsp3) is 0.176. The van der Waals surface area contributed by atoms with E-state index in [4.69, 9.17) is 9.47 Å². The summed E-state index contributed by atoms with van der Waals surface area (Å²) >= 11 is 0. The van der Waals surface area contributed by atoms with E-state index in [1.165, 1.54) is 44.6 Å². The molecule has 1 amide bonds. The molecule has 0 radical (unpaired) electrons. The SMILES string of the molecule is COc1cc(OC)cc(C(=O)N[C@@H](C(=O)O)c2ccccc2F)c1. The molecule has 0 aliphatic carbocycles. The highest BCUT2D eigenvalue weighted by Crippen LogP contribution is 2.24. The molecule has 6 nitrogen and oxygen atoms in total. The zero-order chi connectivity index (χ0) is 17.7. The van der Waals surface area contributed by atoms with E-state index in [-0.39, 0.29) is 11.1 Å². The highest BCUT2D eigenvalue weighted by Gasteiger charge is 2.25. The van der Waals surface area contributed by atoms with Crippen molar-refractivity contribution in [2.75, 3.05) is 14.2 Å². The van der Waals surface area contributed by atoms with Crippen LogP contribution in [0.15, 0.2) is 42.5 Å². The second-order valence-electron chi connectivity index (χ2n) is 4.87. The second-order valence-corrected chi connectivity index (χ2v) is 4.87. The van der Waals surface area contributed by atoms with Gasteiger partial charge in [0.15, 0.2) is 6.04 Å². The normalized spacial score (nSPS) is 11.5. The van der Waals surface area contributed by atoms with E-state index < -0.39 is 23.7 Å². The van der Waals surface area contributed by atoms with Gasteiger partial charge in [0.05, 0.1) is 14.2 Å². The van der Waals surface area contributed by atoms with Crippen LogP contribution in [0, 0.1) is 5.82 Å². The van der Waals surface area contributed by atoms with Gasteiger partial charge in [0.1, 0.15) is 17.3 Å². The molecule has 126 valence electrons. The molecule has 0 fully saturated rings. The van der Waals surface area contributed by atoms with Crippen molar-refractivity contribution in [1.29, 1.82) is 0 Å². The van der Waals surface area contributed by atoms with Crippen molar-refractivity contribution in [3.8, 4) is 11.5 Å². The maximum absolute atomic E-state index is 13.8. The predicted octanol–water partition coefficient (Wildman–Crippen LogP) is 2.40. The second kappa shape index (κ2) is 7.45. The number of amides is 1. The van der Waals surface area contributed by atoms with Gasteiger partial charge in [-0.1, -0.05) is 18.2 Å². The summed E-state index contributed by atoms with van der Waals surface area (Å²) in [5.74, 6) is -2.03. The van der Waals surface area contributed by atoms with Crippen molar-refractivity contribution < 1.29 is 28.6 Å². The number of carboxylic acid groups (broad SMARTS) is 1. The standard InChI is InChI=1S/C17H16FNO5/c1-23-11-7-10(8-12(9-11)24-2)16(20)19-15(17(21)22)13-5-3-4-6-14(13)18/h3-9,15H,1-2H3,(H,19,20)(H,21,22)/t15-/m1/s1. The summed E-state index contributed by atoms with van der Waals surface area (Å²) in [6.07, 6.45) is 0. The molecule has 0 saturated heterocycles. The zero-order valence-corrected chi connectivity index (χ0v) is 13.1. The Bertz CT molecular complexity index is 740. The quantitative estimate of drug-likeness (QED) is 0.848. The number of carboxylic acids is 1.